The highest BCUT2D eigenvalue weighted by atomic mass is 16.3. The minimum Gasteiger partial charge on any atom is -0.507 e. The molecule has 0 aliphatic rings. The SMILES string of the molecule is CC(C)(C)c1cccc2ccc(C(c3ccccn3)c3ccc4cccc(C(C)(C)C)c4c3O)c(O)c12. The molecule has 0 bridgehead atoms. The highest BCUT2D eigenvalue weighted by Gasteiger charge is 2.29. The molecule has 4 aromatic carbocycles. The van der Waals surface area contributed by atoms with Crippen LogP contribution in [0.3, 0.4) is 0 Å². The van der Waals surface area contributed by atoms with E-state index >= 15 is 0 Å². The van der Waals surface area contributed by atoms with Gasteiger partial charge in [0, 0.05) is 28.1 Å². The minimum absolute atomic E-state index is 0.150. The van der Waals surface area contributed by atoms with Gasteiger partial charge in [-0.15, -0.1) is 0 Å². The van der Waals surface area contributed by atoms with Gasteiger partial charge in [0.1, 0.15) is 11.5 Å². The summed E-state index contributed by atoms with van der Waals surface area (Å²) in [4.78, 5) is 4.69. The highest BCUT2D eigenvalue weighted by molar-refractivity contribution is 5.95. The van der Waals surface area contributed by atoms with Gasteiger partial charge in [0.25, 0.3) is 0 Å². The lowest BCUT2D eigenvalue weighted by atomic mass is 9.79. The molecule has 0 fully saturated rings. The van der Waals surface area contributed by atoms with E-state index in [2.05, 4.69) is 65.8 Å². The molecule has 0 radical (unpaired) electrons. The van der Waals surface area contributed by atoms with E-state index in [1.54, 1.807) is 6.20 Å². The van der Waals surface area contributed by atoms with Gasteiger partial charge in [0.05, 0.1) is 11.6 Å². The van der Waals surface area contributed by atoms with Gasteiger partial charge in [-0.1, -0.05) is 108 Å². The summed E-state index contributed by atoms with van der Waals surface area (Å²) in [7, 11) is 0. The number of hydrogen-bond acceptors (Lipinski definition) is 3. The Balaban J connectivity index is 1.86. The molecule has 0 spiro atoms. The summed E-state index contributed by atoms with van der Waals surface area (Å²) in [5.41, 5.74) is 4.10. The zero-order chi connectivity index (χ0) is 26.5. The molecule has 0 saturated heterocycles. The maximum absolute atomic E-state index is 11.9. The third-order valence-corrected chi connectivity index (χ3v) is 7.32. The minimum atomic E-state index is -0.448. The molecule has 0 unspecified atom stereocenters. The molecular formula is C34H35NO2. The lowest BCUT2D eigenvalue weighted by Gasteiger charge is -2.26. The van der Waals surface area contributed by atoms with Crippen molar-refractivity contribution in [2.24, 2.45) is 0 Å². The Labute approximate surface area is 219 Å². The first kappa shape index (κ1) is 24.8. The maximum Gasteiger partial charge on any atom is 0.127 e. The van der Waals surface area contributed by atoms with E-state index in [0.717, 1.165) is 49.5 Å². The number of benzene rings is 4. The fourth-order valence-electron chi connectivity index (χ4n) is 5.50. The first-order chi connectivity index (χ1) is 17.5. The summed E-state index contributed by atoms with van der Waals surface area (Å²) in [5.74, 6) is 0.0283. The van der Waals surface area contributed by atoms with Crippen molar-refractivity contribution in [3.63, 3.8) is 0 Å². The van der Waals surface area contributed by atoms with E-state index in [1.807, 2.05) is 54.6 Å². The van der Waals surface area contributed by atoms with Gasteiger partial charge in [-0.3, -0.25) is 4.98 Å². The topological polar surface area (TPSA) is 53.4 Å². The normalized spacial score (nSPS) is 12.5. The lowest BCUT2D eigenvalue weighted by Crippen LogP contribution is -2.13. The van der Waals surface area contributed by atoms with Crippen LogP contribution in [0.1, 0.15) is 75.4 Å². The second kappa shape index (κ2) is 8.92. The number of nitrogens with zero attached hydrogens (tertiary/aromatic N) is 1. The second-order valence-electron chi connectivity index (χ2n) is 12.0. The molecule has 0 amide bonds. The molecule has 3 nitrogen and oxygen atoms in total. The third kappa shape index (κ3) is 4.33. The Bertz CT molecular complexity index is 1500. The Morgan fingerprint density at radius 2 is 1.05 bits per heavy atom. The molecule has 5 aromatic rings. The number of hydrogen-bond donors (Lipinski definition) is 2. The van der Waals surface area contributed by atoms with Crippen LogP contribution in [0.5, 0.6) is 11.5 Å². The molecule has 0 aliphatic carbocycles. The summed E-state index contributed by atoms with van der Waals surface area (Å²) in [6.07, 6.45) is 1.76. The molecule has 1 aromatic heterocycles. The maximum atomic E-state index is 11.9. The van der Waals surface area contributed by atoms with Crippen molar-refractivity contribution in [1.82, 2.24) is 4.98 Å². The van der Waals surface area contributed by atoms with Crippen LogP contribution in [0.2, 0.25) is 0 Å². The number of aromatic nitrogens is 1. The molecular weight excluding hydrogens is 454 g/mol. The smallest absolute Gasteiger partial charge is 0.127 e. The summed E-state index contributed by atoms with van der Waals surface area (Å²) in [6.45, 7) is 13.0. The van der Waals surface area contributed by atoms with E-state index < -0.39 is 5.92 Å². The third-order valence-electron chi connectivity index (χ3n) is 7.32. The first-order valence-corrected chi connectivity index (χ1v) is 12.9. The van der Waals surface area contributed by atoms with Crippen molar-refractivity contribution in [3.8, 4) is 11.5 Å². The van der Waals surface area contributed by atoms with Crippen molar-refractivity contribution in [3.05, 3.63) is 113 Å². The molecule has 0 aliphatic heterocycles. The Morgan fingerprint density at radius 1 is 0.568 bits per heavy atom. The number of aromatic hydroxyl groups is 2. The van der Waals surface area contributed by atoms with E-state index in [0.29, 0.717) is 0 Å². The van der Waals surface area contributed by atoms with Gasteiger partial charge in [-0.25, -0.2) is 0 Å². The largest absolute Gasteiger partial charge is 0.507 e. The molecule has 2 N–H and O–H groups in total. The van der Waals surface area contributed by atoms with Crippen molar-refractivity contribution >= 4 is 21.5 Å². The fourth-order valence-corrected chi connectivity index (χ4v) is 5.50. The monoisotopic (exact) mass is 489 g/mol. The van der Waals surface area contributed by atoms with Gasteiger partial charge < -0.3 is 10.2 Å². The summed E-state index contributed by atoms with van der Waals surface area (Å²) >= 11 is 0. The molecule has 188 valence electrons. The Kier molecular flexibility index (Phi) is 5.98. The van der Waals surface area contributed by atoms with Crippen molar-refractivity contribution in [2.45, 2.75) is 58.3 Å². The quantitative estimate of drug-likeness (QED) is 0.267. The van der Waals surface area contributed by atoms with E-state index in [9.17, 15) is 10.2 Å². The van der Waals surface area contributed by atoms with Crippen molar-refractivity contribution < 1.29 is 10.2 Å². The van der Waals surface area contributed by atoms with Crippen LogP contribution in [-0.2, 0) is 10.8 Å². The number of fused-ring (bicyclic) bond motifs is 2. The Hall–Kier alpha value is -3.85. The van der Waals surface area contributed by atoms with Crippen LogP contribution in [-0.4, -0.2) is 15.2 Å². The molecule has 0 saturated carbocycles. The highest BCUT2D eigenvalue weighted by Crippen LogP contribution is 2.47. The van der Waals surface area contributed by atoms with E-state index in [1.165, 1.54) is 0 Å². The molecule has 5 rings (SSSR count). The van der Waals surface area contributed by atoms with Gasteiger partial charge in [0.2, 0.25) is 0 Å². The predicted octanol–water partition coefficient (Wildman–Crippen LogP) is 8.57. The summed E-state index contributed by atoms with van der Waals surface area (Å²) in [6, 6.07) is 26.2. The van der Waals surface area contributed by atoms with Crippen LogP contribution < -0.4 is 0 Å². The average molecular weight is 490 g/mol. The molecule has 1 heterocycles. The fraction of sp³-hybridized carbons (Fsp3) is 0.265. The van der Waals surface area contributed by atoms with Crippen molar-refractivity contribution in [1.29, 1.82) is 0 Å². The van der Waals surface area contributed by atoms with E-state index in [-0.39, 0.29) is 22.3 Å². The van der Waals surface area contributed by atoms with Gasteiger partial charge in [-0.2, -0.15) is 0 Å². The zero-order valence-electron chi connectivity index (χ0n) is 22.5. The summed E-state index contributed by atoms with van der Waals surface area (Å²) < 4.78 is 0. The van der Waals surface area contributed by atoms with Crippen LogP contribution in [0.4, 0.5) is 0 Å². The lowest BCUT2D eigenvalue weighted by molar-refractivity contribution is 0.462. The summed E-state index contributed by atoms with van der Waals surface area (Å²) in [5, 5.41) is 27.4. The van der Waals surface area contributed by atoms with Crippen LogP contribution >= 0.6 is 0 Å². The first-order valence-electron chi connectivity index (χ1n) is 12.9. The van der Waals surface area contributed by atoms with Gasteiger partial charge >= 0.3 is 0 Å². The van der Waals surface area contributed by atoms with Crippen LogP contribution in [0.25, 0.3) is 21.5 Å². The van der Waals surface area contributed by atoms with Gasteiger partial charge in [0.15, 0.2) is 0 Å². The number of phenols is 2. The Morgan fingerprint density at radius 3 is 1.46 bits per heavy atom. The number of rotatable bonds is 3. The number of pyridine rings is 1. The average Bonchev–Trinajstić information content (AvgIpc) is 2.86. The van der Waals surface area contributed by atoms with Gasteiger partial charge in [-0.05, 0) is 44.9 Å². The van der Waals surface area contributed by atoms with E-state index in [4.69, 9.17) is 4.98 Å². The molecule has 3 heteroatoms. The molecule has 37 heavy (non-hydrogen) atoms. The standard InChI is InChI=1S/C34H35NO2/c1-33(2,3)25-13-9-11-21-16-18-23(31(36)28(21)25)30(27-15-7-8-20-35-27)24-19-17-22-12-10-14-26(34(4,5)6)29(22)32(24)37/h7-20,30,36-37H,1-6H3. The predicted molar refractivity (Wildman–Crippen MR) is 154 cm³/mol. The van der Waals surface area contributed by atoms with Crippen molar-refractivity contribution in [2.75, 3.05) is 0 Å². The zero-order valence-corrected chi connectivity index (χ0v) is 22.5. The second-order valence-corrected chi connectivity index (χ2v) is 12.0. The number of phenolic OH excluding ortho intramolecular Hbond substituents is 2. The van der Waals surface area contributed by atoms with Crippen LogP contribution in [0.15, 0.2) is 85.1 Å². The van der Waals surface area contributed by atoms with Crippen LogP contribution in [0, 0.1) is 0 Å². The molecule has 0 atom stereocenters.